The highest BCUT2D eigenvalue weighted by atomic mass is 16.5. The first-order chi connectivity index (χ1) is 16.9. The normalized spacial score (nSPS) is 12.1. The number of aromatic nitrogens is 6. The van der Waals surface area contributed by atoms with Crippen LogP contribution in [0.15, 0.2) is 59.9 Å². The maximum absolute atomic E-state index is 13.8. The van der Waals surface area contributed by atoms with Gasteiger partial charge in [0.2, 0.25) is 0 Å². The third-order valence-electron chi connectivity index (χ3n) is 5.55. The van der Waals surface area contributed by atoms with Crippen molar-refractivity contribution < 1.29 is 9.53 Å². The predicted octanol–water partition coefficient (Wildman–Crippen LogP) is 2.40. The first-order valence-corrected chi connectivity index (χ1v) is 10.9. The number of benzene rings is 2. The number of primary amides is 1. The van der Waals surface area contributed by atoms with Gasteiger partial charge >= 0.3 is 0 Å². The molecule has 4 N–H and O–H groups in total. The summed E-state index contributed by atoms with van der Waals surface area (Å²) in [5, 5.41) is 3.84. The van der Waals surface area contributed by atoms with Crippen molar-refractivity contribution in [1.29, 1.82) is 0 Å². The number of imidazole rings is 1. The molecule has 11 heteroatoms. The Morgan fingerprint density at radius 3 is 2.86 bits per heavy atom. The number of amides is 1. The monoisotopic (exact) mass is 470 g/mol. The van der Waals surface area contributed by atoms with Crippen LogP contribution in [0.5, 0.6) is 5.75 Å². The molecule has 0 spiro atoms. The molecule has 2 aromatic carbocycles. The molecular formula is C24H22N8O3. The highest BCUT2D eigenvalue weighted by Crippen LogP contribution is 2.25. The molecular weight excluding hydrogens is 448 g/mol. The maximum atomic E-state index is 13.8. The van der Waals surface area contributed by atoms with Gasteiger partial charge in [0.1, 0.15) is 23.4 Å². The van der Waals surface area contributed by atoms with Gasteiger partial charge in [-0.1, -0.05) is 18.2 Å². The van der Waals surface area contributed by atoms with Crippen molar-refractivity contribution in [2.45, 2.75) is 19.9 Å². The van der Waals surface area contributed by atoms with Crippen LogP contribution < -0.4 is 21.3 Å². The number of nitrogens with zero attached hydrogens (tertiary/aromatic N) is 5. The maximum Gasteiger partial charge on any atom is 0.266 e. The number of fused-ring (bicyclic) bond motifs is 2. The van der Waals surface area contributed by atoms with E-state index in [1.165, 1.54) is 10.9 Å². The molecule has 3 heterocycles. The Hall–Kier alpha value is -4.80. The second-order valence-electron chi connectivity index (χ2n) is 8.02. The van der Waals surface area contributed by atoms with E-state index >= 15 is 0 Å². The molecule has 3 aromatic heterocycles. The average molecular weight is 470 g/mol. The number of aromatic amines is 1. The highest BCUT2D eigenvalue weighted by molar-refractivity contribution is 5.83. The minimum absolute atomic E-state index is 0.224. The first kappa shape index (κ1) is 22.0. The van der Waals surface area contributed by atoms with Gasteiger partial charge in [-0.25, -0.2) is 19.9 Å². The van der Waals surface area contributed by atoms with E-state index < -0.39 is 11.9 Å². The summed E-state index contributed by atoms with van der Waals surface area (Å²) >= 11 is 0. The van der Waals surface area contributed by atoms with Crippen molar-refractivity contribution >= 4 is 33.8 Å². The van der Waals surface area contributed by atoms with E-state index in [2.05, 4.69) is 25.3 Å². The molecule has 11 nitrogen and oxygen atoms in total. The van der Waals surface area contributed by atoms with Crippen LogP contribution in [0.4, 0.5) is 5.82 Å². The van der Waals surface area contributed by atoms with Crippen LogP contribution in [0.1, 0.15) is 24.4 Å². The molecule has 35 heavy (non-hydrogen) atoms. The summed E-state index contributed by atoms with van der Waals surface area (Å²) in [5.41, 5.74) is 8.09. The topological polar surface area (TPSA) is 154 Å². The summed E-state index contributed by atoms with van der Waals surface area (Å²) in [7, 11) is 0. The van der Waals surface area contributed by atoms with E-state index in [-0.39, 0.29) is 12.2 Å². The standard InChI is InChI=1S/C24H22N8O3/c1-13-5-3-8-17-19(13)24(34)32(15-6-4-7-16(9-15)35-10-18(25)33)23(31-17)14(2)30-22-20-21(27-11-26-20)28-12-29-22/h3-9,11-12,14H,10H2,1-2H3,(H2,25,33)(H2,26,27,28,29,30). The molecule has 0 aliphatic carbocycles. The first-order valence-electron chi connectivity index (χ1n) is 10.9. The fourth-order valence-electron chi connectivity index (χ4n) is 3.96. The van der Waals surface area contributed by atoms with Gasteiger partial charge < -0.3 is 20.8 Å². The number of hydrogen-bond donors (Lipinski definition) is 3. The van der Waals surface area contributed by atoms with Crippen LogP contribution in [0.3, 0.4) is 0 Å². The lowest BCUT2D eigenvalue weighted by Gasteiger charge is -2.21. The Balaban J connectivity index is 1.66. The van der Waals surface area contributed by atoms with Crippen LogP contribution >= 0.6 is 0 Å². The minimum atomic E-state index is -0.593. The molecule has 0 aliphatic heterocycles. The number of hydrogen-bond acceptors (Lipinski definition) is 8. The molecule has 5 rings (SSSR count). The van der Waals surface area contributed by atoms with Crippen molar-refractivity contribution in [3.05, 3.63) is 76.9 Å². The van der Waals surface area contributed by atoms with E-state index in [0.717, 1.165) is 5.56 Å². The Morgan fingerprint density at radius 2 is 2.03 bits per heavy atom. The van der Waals surface area contributed by atoms with Crippen LogP contribution in [-0.2, 0) is 4.79 Å². The Kier molecular flexibility index (Phi) is 5.57. The summed E-state index contributed by atoms with van der Waals surface area (Å²) in [4.78, 5) is 45.5. The van der Waals surface area contributed by atoms with E-state index in [9.17, 15) is 9.59 Å². The van der Waals surface area contributed by atoms with Crippen molar-refractivity contribution in [3.8, 4) is 11.4 Å². The third kappa shape index (κ3) is 4.14. The molecule has 0 saturated heterocycles. The van der Waals surface area contributed by atoms with Gasteiger partial charge in [0.15, 0.2) is 18.1 Å². The van der Waals surface area contributed by atoms with E-state index in [4.69, 9.17) is 15.5 Å². The number of anilines is 1. The molecule has 1 atom stereocenters. The highest BCUT2D eigenvalue weighted by Gasteiger charge is 2.21. The predicted molar refractivity (Wildman–Crippen MR) is 130 cm³/mol. The van der Waals surface area contributed by atoms with Crippen LogP contribution in [-0.4, -0.2) is 42.0 Å². The number of nitrogens with two attached hydrogens (primary N) is 1. The van der Waals surface area contributed by atoms with Gasteiger partial charge in [-0.15, -0.1) is 0 Å². The number of carbonyl (C=O) groups is 1. The second-order valence-corrected chi connectivity index (χ2v) is 8.02. The summed E-state index contributed by atoms with van der Waals surface area (Å²) < 4.78 is 7.00. The average Bonchev–Trinajstić information content (AvgIpc) is 3.33. The number of nitrogens with one attached hydrogen (secondary N) is 2. The summed E-state index contributed by atoms with van der Waals surface area (Å²) in [6, 6.07) is 12.0. The zero-order chi connectivity index (χ0) is 24.5. The minimum Gasteiger partial charge on any atom is -0.484 e. The molecule has 0 aliphatic rings. The largest absolute Gasteiger partial charge is 0.484 e. The van der Waals surface area contributed by atoms with Gasteiger partial charge in [-0.3, -0.25) is 14.2 Å². The number of carbonyl (C=O) groups excluding carboxylic acids is 1. The quantitative estimate of drug-likeness (QED) is 0.328. The second kappa shape index (κ2) is 8.86. The van der Waals surface area contributed by atoms with Crippen molar-refractivity contribution in [2.75, 3.05) is 11.9 Å². The fourth-order valence-corrected chi connectivity index (χ4v) is 3.96. The van der Waals surface area contributed by atoms with Gasteiger partial charge in [0.25, 0.3) is 11.5 Å². The molecule has 176 valence electrons. The smallest absolute Gasteiger partial charge is 0.266 e. The Bertz CT molecular complexity index is 1620. The lowest BCUT2D eigenvalue weighted by Crippen LogP contribution is -2.28. The zero-order valence-corrected chi connectivity index (χ0v) is 19.0. The zero-order valence-electron chi connectivity index (χ0n) is 19.0. The Morgan fingerprint density at radius 1 is 1.20 bits per heavy atom. The lowest BCUT2D eigenvalue weighted by atomic mass is 10.1. The molecule has 0 fully saturated rings. The van der Waals surface area contributed by atoms with Gasteiger partial charge in [-0.2, -0.15) is 0 Å². The summed E-state index contributed by atoms with van der Waals surface area (Å²) in [6.45, 7) is 3.49. The molecule has 1 unspecified atom stereocenters. The van der Waals surface area contributed by atoms with E-state index in [1.54, 1.807) is 30.6 Å². The lowest BCUT2D eigenvalue weighted by molar-refractivity contribution is -0.119. The number of aryl methyl sites for hydroxylation is 1. The van der Waals surface area contributed by atoms with Crippen molar-refractivity contribution in [1.82, 2.24) is 29.5 Å². The summed E-state index contributed by atoms with van der Waals surface area (Å²) in [5.74, 6) is 0.804. The molecule has 5 aromatic rings. The summed E-state index contributed by atoms with van der Waals surface area (Å²) in [6.07, 6.45) is 2.96. The van der Waals surface area contributed by atoms with Crippen LogP contribution in [0, 0.1) is 6.92 Å². The molecule has 0 bridgehead atoms. The number of ether oxygens (including phenoxy) is 1. The van der Waals surface area contributed by atoms with Crippen molar-refractivity contribution in [3.63, 3.8) is 0 Å². The van der Waals surface area contributed by atoms with E-state index in [0.29, 0.717) is 45.1 Å². The van der Waals surface area contributed by atoms with Gasteiger partial charge in [0, 0.05) is 6.07 Å². The molecule has 0 saturated carbocycles. The van der Waals surface area contributed by atoms with Gasteiger partial charge in [-0.05, 0) is 37.6 Å². The molecule has 0 radical (unpaired) electrons. The number of H-pyrrole nitrogens is 1. The fraction of sp³-hybridized carbons (Fsp3) is 0.167. The third-order valence-corrected chi connectivity index (χ3v) is 5.55. The van der Waals surface area contributed by atoms with Crippen molar-refractivity contribution in [2.24, 2.45) is 5.73 Å². The van der Waals surface area contributed by atoms with Crippen LogP contribution in [0.25, 0.3) is 27.8 Å². The molecule has 1 amide bonds. The number of rotatable bonds is 7. The van der Waals surface area contributed by atoms with Gasteiger partial charge in [0.05, 0.1) is 29.0 Å². The Labute approximate surface area is 199 Å². The van der Waals surface area contributed by atoms with Crippen LogP contribution in [0.2, 0.25) is 0 Å². The van der Waals surface area contributed by atoms with E-state index in [1.807, 2.05) is 32.0 Å². The SMILES string of the molecule is Cc1cccc2nc(C(C)Nc3ncnc4nc[nH]c34)n(-c3cccc(OCC(N)=O)c3)c(=O)c12.